The zero-order valence-electron chi connectivity index (χ0n) is 15.6. The van der Waals surface area contributed by atoms with Crippen LogP contribution in [0.2, 0.25) is 0 Å². The number of nitro groups is 1. The minimum Gasteiger partial charge on any atom is -0.710 e. The highest BCUT2D eigenvalue weighted by Gasteiger charge is 2.56. The van der Waals surface area contributed by atoms with Gasteiger partial charge in [0.15, 0.2) is 11.4 Å². The van der Waals surface area contributed by atoms with Crippen LogP contribution in [0.4, 0.5) is 5.69 Å². The van der Waals surface area contributed by atoms with E-state index in [1.165, 1.54) is 19.2 Å². The first-order valence-electron chi connectivity index (χ1n) is 8.71. The number of ether oxygens (including phenoxy) is 2. The molecule has 1 aromatic heterocycles. The predicted molar refractivity (Wildman–Crippen MR) is 94.1 cm³/mol. The minimum atomic E-state index is -0.656. The van der Waals surface area contributed by atoms with Gasteiger partial charge in [-0.05, 0) is 50.8 Å². The summed E-state index contributed by atoms with van der Waals surface area (Å²) in [5, 5.41) is 32.9. The summed E-state index contributed by atoms with van der Waals surface area (Å²) in [6.07, 6.45) is 1.59. The van der Waals surface area contributed by atoms with Gasteiger partial charge in [0.05, 0.1) is 34.2 Å². The second-order valence-corrected chi connectivity index (χ2v) is 7.72. The molecule has 9 nitrogen and oxygen atoms in total. The van der Waals surface area contributed by atoms with Gasteiger partial charge < -0.3 is 14.7 Å². The summed E-state index contributed by atoms with van der Waals surface area (Å²) in [6, 6.07) is 4.31. The Bertz CT molecular complexity index is 961. The van der Waals surface area contributed by atoms with Gasteiger partial charge in [-0.2, -0.15) is 0 Å². The molecule has 2 unspecified atom stereocenters. The molecule has 0 N–H and O–H groups in total. The number of nitrogens with zero attached hydrogens (tertiary/aromatic N) is 4. The third kappa shape index (κ3) is 2.45. The summed E-state index contributed by atoms with van der Waals surface area (Å²) in [5.41, 5.74) is 0.0309. The third-order valence-corrected chi connectivity index (χ3v) is 5.60. The van der Waals surface area contributed by atoms with E-state index in [1.807, 2.05) is 20.8 Å². The Balaban J connectivity index is 1.90. The van der Waals surface area contributed by atoms with Crippen LogP contribution in [0.25, 0.3) is 11.4 Å². The molecule has 0 amide bonds. The Hall–Kier alpha value is -2.81. The van der Waals surface area contributed by atoms with Gasteiger partial charge in [0.1, 0.15) is 11.3 Å². The van der Waals surface area contributed by atoms with Crippen LogP contribution in [0.1, 0.15) is 50.9 Å². The van der Waals surface area contributed by atoms with Crippen molar-refractivity contribution < 1.29 is 19.1 Å². The Labute approximate surface area is 155 Å². The van der Waals surface area contributed by atoms with Crippen LogP contribution in [0.5, 0.6) is 5.75 Å². The highest BCUT2D eigenvalue weighted by atomic mass is 16.6. The molecule has 3 heterocycles. The predicted octanol–water partition coefficient (Wildman–Crippen LogP) is 2.60. The smallest absolute Gasteiger partial charge is 0.361 e. The quantitative estimate of drug-likeness (QED) is 0.352. The lowest BCUT2D eigenvalue weighted by atomic mass is 9.69. The number of methoxy groups -OCH3 is 1. The van der Waals surface area contributed by atoms with Crippen LogP contribution >= 0.6 is 0 Å². The normalized spacial score (nSPS) is 25.1. The van der Waals surface area contributed by atoms with Crippen LogP contribution in [-0.4, -0.2) is 27.8 Å². The van der Waals surface area contributed by atoms with Gasteiger partial charge in [-0.3, -0.25) is 10.1 Å². The molecule has 27 heavy (non-hydrogen) atoms. The molecule has 3 aliphatic rings. The number of aromatic nitrogens is 3. The monoisotopic (exact) mass is 372 g/mol. The summed E-state index contributed by atoms with van der Waals surface area (Å²) in [5.74, 6) is 0.0361. The van der Waals surface area contributed by atoms with Crippen molar-refractivity contribution >= 4 is 5.69 Å². The number of fused-ring (bicyclic) bond motifs is 2. The number of hydrogen-bond acceptors (Lipinski definition) is 7. The van der Waals surface area contributed by atoms with Crippen molar-refractivity contribution in [1.29, 1.82) is 0 Å². The van der Waals surface area contributed by atoms with E-state index in [2.05, 4.69) is 10.2 Å². The molecule has 1 aromatic carbocycles. The third-order valence-electron chi connectivity index (χ3n) is 5.60. The Morgan fingerprint density at radius 3 is 2.70 bits per heavy atom. The van der Waals surface area contributed by atoms with Gasteiger partial charge in [-0.15, -0.1) is 0 Å². The molecule has 9 heteroatoms. The van der Waals surface area contributed by atoms with Crippen LogP contribution < -0.4 is 9.47 Å². The van der Waals surface area contributed by atoms with Gasteiger partial charge in [0, 0.05) is 6.07 Å². The van der Waals surface area contributed by atoms with E-state index in [9.17, 15) is 15.3 Å². The zero-order chi connectivity index (χ0) is 19.6. The number of rotatable bonds is 3. The van der Waals surface area contributed by atoms with Gasteiger partial charge in [0.25, 0.3) is 0 Å². The maximum absolute atomic E-state index is 13.2. The van der Waals surface area contributed by atoms with E-state index in [-0.39, 0.29) is 23.2 Å². The maximum atomic E-state index is 13.2. The fourth-order valence-electron chi connectivity index (χ4n) is 4.33. The van der Waals surface area contributed by atoms with Crippen molar-refractivity contribution in [2.24, 2.45) is 0 Å². The maximum Gasteiger partial charge on any atom is 0.361 e. The van der Waals surface area contributed by atoms with Crippen LogP contribution in [-0.2, 0) is 10.3 Å². The minimum absolute atomic E-state index is 0.0338. The van der Waals surface area contributed by atoms with E-state index in [1.54, 1.807) is 6.07 Å². The molecule has 2 aliphatic heterocycles. The van der Waals surface area contributed by atoms with Crippen molar-refractivity contribution in [3.05, 3.63) is 44.9 Å². The van der Waals surface area contributed by atoms with E-state index in [0.29, 0.717) is 17.0 Å². The average molecular weight is 372 g/mol. The Morgan fingerprint density at radius 1 is 1.33 bits per heavy atom. The molecule has 142 valence electrons. The summed E-state index contributed by atoms with van der Waals surface area (Å²) < 4.78 is 12.0. The Morgan fingerprint density at radius 2 is 2.07 bits per heavy atom. The molecule has 2 atom stereocenters. The summed E-state index contributed by atoms with van der Waals surface area (Å²) in [4.78, 5) is 10.7. The van der Waals surface area contributed by atoms with Gasteiger partial charge in [-0.1, -0.05) is 0 Å². The number of benzene rings is 1. The lowest BCUT2D eigenvalue weighted by Gasteiger charge is -2.52. The largest absolute Gasteiger partial charge is 0.710 e. The first kappa shape index (κ1) is 17.6. The SMILES string of the molecule is COc1ccc(-c2nnc3c([n+]2[O-])C2CCC3(C)OC2(C)C)cc1[N+](=O)[O-]. The fraction of sp³-hybridized carbons (Fsp3) is 0.500. The number of hydrogen-bond donors (Lipinski definition) is 0. The zero-order valence-corrected chi connectivity index (χ0v) is 15.6. The lowest BCUT2D eigenvalue weighted by molar-refractivity contribution is -0.613. The van der Waals surface area contributed by atoms with E-state index < -0.39 is 16.1 Å². The molecule has 0 spiro atoms. The van der Waals surface area contributed by atoms with Crippen molar-refractivity contribution in [3.63, 3.8) is 0 Å². The van der Waals surface area contributed by atoms with Crippen molar-refractivity contribution in [3.8, 4) is 17.1 Å². The second-order valence-electron chi connectivity index (χ2n) is 7.72. The summed E-state index contributed by atoms with van der Waals surface area (Å²) >= 11 is 0. The van der Waals surface area contributed by atoms with Gasteiger partial charge in [-0.25, -0.2) is 4.73 Å². The van der Waals surface area contributed by atoms with Crippen molar-refractivity contribution in [2.45, 2.75) is 50.7 Å². The standard InChI is InChI=1S/C18H20N4O5/c1-17(2)11-7-8-18(3,27-17)15-14(11)21(23)16(20-19-15)10-5-6-13(26-4)12(9-10)22(24)25/h5-6,9,11H,7-8H2,1-4H3. The van der Waals surface area contributed by atoms with E-state index in [4.69, 9.17) is 9.47 Å². The highest BCUT2D eigenvalue weighted by molar-refractivity contribution is 5.62. The van der Waals surface area contributed by atoms with Gasteiger partial charge in [0.2, 0.25) is 0 Å². The molecule has 0 saturated carbocycles. The van der Waals surface area contributed by atoms with Crippen LogP contribution in [0, 0.1) is 15.3 Å². The van der Waals surface area contributed by atoms with E-state index >= 15 is 0 Å². The highest BCUT2D eigenvalue weighted by Crippen LogP contribution is 2.54. The molecule has 1 fully saturated rings. The molecule has 2 aromatic rings. The summed E-state index contributed by atoms with van der Waals surface area (Å²) in [7, 11) is 1.36. The van der Waals surface area contributed by atoms with E-state index in [0.717, 1.165) is 17.6 Å². The van der Waals surface area contributed by atoms with Crippen LogP contribution in [0.15, 0.2) is 18.2 Å². The molecule has 5 rings (SSSR count). The first-order chi connectivity index (χ1) is 12.7. The second kappa shape index (κ2) is 5.59. The Kier molecular flexibility index (Phi) is 3.64. The molecule has 1 aliphatic carbocycles. The molecule has 0 radical (unpaired) electrons. The topological polar surface area (TPSA) is 114 Å². The molecular weight excluding hydrogens is 352 g/mol. The fourth-order valence-corrected chi connectivity index (χ4v) is 4.33. The summed E-state index contributed by atoms with van der Waals surface area (Å²) in [6.45, 7) is 5.86. The molecule has 2 bridgehead atoms. The van der Waals surface area contributed by atoms with Crippen molar-refractivity contribution in [2.75, 3.05) is 7.11 Å². The van der Waals surface area contributed by atoms with Crippen LogP contribution in [0.3, 0.4) is 0 Å². The first-order valence-corrected chi connectivity index (χ1v) is 8.71. The lowest BCUT2D eigenvalue weighted by Crippen LogP contribution is -2.58. The van der Waals surface area contributed by atoms with Gasteiger partial charge >= 0.3 is 11.5 Å². The van der Waals surface area contributed by atoms with Crippen molar-refractivity contribution in [1.82, 2.24) is 10.2 Å². The molecular formula is C18H20N4O5. The molecule has 1 saturated heterocycles. The number of nitro benzene ring substituents is 1. The average Bonchev–Trinajstić information content (AvgIpc) is 2.60.